The molecule has 1 aliphatic rings. The minimum absolute atomic E-state index is 0.396. The number of amides is 1. The van der Waals surface area contributed by atoms with Gasteiger partial charge >= 0.3 is 6.09 Å². The smallest absolute Gasteiger partial charge is 0.408 e. The second kappa shape index (κ2) is 6.63. The lowest BCUT2D eigenvalue weighted by molar-refractivity contribution is 0.0366. The minimum Gasteiger partial charge on any atom is -0.444 e. The summed E-state index contributed by atoms with van der Waals surface area (Å²) in [5.74, 6) is 0.805. The molecule has 2 heterocycles. The highest BCUT2D eigenvalue weighted by molar-refractivity contribution is 9.11. The zero-order valence-corrected chi connectivity index (χ0v) is 18.0. The Bertz CT molecular complexity index is 998. The summed E-state index contributed by atoms with van der Waals surface area (Å²) in [5.41, 5.74) is 2.04. The van der Waals surface area contributed by atoms with Crippen LogP contribution in [0.25, 0.3) is 21.5 Å². The summed E-state index contributed by atoms with van der Waals surface area (Å²) < 4.78 is 6.56. The van der Waals surface area contributed by atoms with Crippen molar-refractivity contribution >= 4 is 44.4 Å². The zero-order chi connectivity index (χ0) is 19.2. The summed E-state index contributed by atoms with van der Waals surface area (Å²) in [4.78, 5) is 21.7. The molecular formula is C20H22BrN3O2S. The largest absolute Gasteiger partial charge is 0.444 e. The van der Waals surface area contributed by atoms with E-state index < -0.39 is 17.2 Å². The van der Waals surface area contributed by atoms with Crippen LogP contribution in [-0.4, -0.2) is 21.7 Å². The highest BCUT2D eigenvalue weighted by atomic mass is 79.9. The number of imidazole rings is 1. The zero-order valence-electron chi connectivity index (χ0n) is 15.6. The molecule has 142 valence electrons. The van der Waals surface area contributed by atoms with Gasteiger partial charge in [-0.2, -0.15) is 0 Å². The third kappa shape index (κ3) is 3.75. The van der Waals surface area contributed by atoms with Crippen molar-refractivity contribution in [2.45, 2.75) is 51.2 Å². The van der Waals surface area contributed by atoms with Crippen molar-refractivity contribution in [3.05, 3.63) is 39.9 Å². The number of H-pyrrole nitrogens is 1. The van der Waals surface area contributed by atoms with Crippen molar-refractivity contribution in [3.63, 3.8) is 0 Å². The number of aromatic nitrogens is 2. The fraction of sp³-hybridized carbons (Fsp3) is 0.400. The Hall–Kier alpha value is -1.86. The van der Waals surface area contributed by atoms with Crippen LogP contribution in [0.1, 0.15) is 45.9 Å². The lowest BCUT2D eigenvalue weighted by atomic mass is 9.76. The minimum atomic E-state index is -0.521. The van der Waals surface area contributed by atoms with E-state index in [1.165, 1.54) is 4.88 Å². The summed E-state index contributed by atoms with van der Waals surface area (Å²) in [7, 11) is 0. The lowest BCUT2D eigenvalue weighted by Crippen LogP contribution is -2.52. The number of thiophene rings is 1. The van der Waals surface area contributed by atoms with E-state index in [0.29, 0.717) is 0 Å². The van der Waals surface area contributed by atoms with Gasteiger partial charge in [0.2, 0.25) is 0 Å². The van der Waals surface area contributed by atoms with Crippen LogP contribution in [0.2, 0.25) is 0 Å². The first kappa shape index (κ1) is 18.5. The first-order valence-corrected chi connectivity index (χ1v) is 10.6. The number of hydrogen-bond acceptors (Lipinski definition) is 4. The molecule has 0 unspecified atom stereocenters. The van der Waals surface area contributed by atoms with Crippen LogP contribution in [-0.2, 0) is 10.3 Å². The lowest BCUT2D eigenvalue weighted by Gasteiger charge is -2.40. The van der Waals surface area contributed by atoms with E-state index in [-0.39, 0.29) is 0 Å². The van der Waals surface area contributed by atoms with Crippen LogP contribution in [0.15, 0.2) is 34.1 Å². The number of carbonyl (C=O) groups excluding carboxylic acids is 1. The number of nitrogens with zero attached hydrogens (tertiary/aromatic N) is 1. The second-order valence-electron chi connectivity index (χ2n) is 7.98. The van der Waals surface area contributed by atoms with Crippen molar-refractivity contribution in [3.8, 4) is 10.4 Å². The summed E-state index contributed by atoms with van der Waals surface area (Å²) in [6.45, 7) is 5.60. The van der Waals surface area contributed by atoms with Gasteiger partial charge in [-0.1, -0.05) is 6.07 Å². The molecule has 0 radical (unpaired) electrons. The van der Waals surface area contributed by atoms with Crippen LogP contribution in [0.4, 0.5) is 4.79 Å². The number of benzene rings is 1. The van der Waals surface area contributed by atoms with E-state index in [1.807, 2.05) is 26.8 Å². The number of nitrogens with one attached hydrogen (secondary N) is 2. The standard InChI is InChI=1S/C20H22BrN3O2S/c1-19(2,3)26-18(25)24-20(9-4-10-20)17-22-13-6-5-12(11-14(13)23-17)15-7-8-16(21)27-15/h5-8,11H,4,9-10H2,1-3H3,(H,22,23)(H,24,25). The van der Waals surface area contributed by atoms with Gasteiger partial charge in [-0.15, -0.1) is 11.3 Å². The topological polar surface area (TPSA) is 67.0 Å². The quantitative estimate of drug-likeness (QED) is 0.520. The Labute approximate surface area is 170 Å². The van der Waals surface area contributed by atoms with Gasteiger partial charge in [0.15, 0.2) is 0 Å². The van der Waals surface area contributed by atoms with Crippen LogP contribution >= 0.6 is 27.3 Å². The first-order valence-electron chi connectivity index (χ1n) is 9.01. The highest BCUT2D eigenvalue weighted by Gasteiger charge is 2.43. The van der Waals surface area contributed by atoms with Crippen LogP contribution < -0.4 is 5.32 Å². The molecule has 2 N–H and O–H groups in total. The molecule has 2 aromatic heterocycles. The van der Waals surface area contributed by atoms with Gasteiger partial charge in [0.25, 0.3) is 0 Å². The molecule has 1 aliphatic carbocycles. The molecule has 1 fully saturated rings. The predicted molar refractivity (Wildman–Crippen MR) is 112 cm³/mol. The molecule has 1 amide bonds. The van der Waals surface area contributed by atoms with Gasteiger partial charge in [-0.05, 0) is 85.8 Å². The van der Waals surface area contributed by atoms with Gasteiger partial charge in [-0.3, -0.25) is 0 Å². The molecule has 3 aromatic rings. The van der Waals surface area contributed by atoms with Crippen molar-refractivity contribution in [2.24, 2.45) is 0 Å². The molecule has 1 saturated carbocycles. The van der Waals surface area contributed by atoms with Crippen LogP contribution in [0.5, 0.6) is 0 Å². The molecule has 0 bridgehead atoms. The second-order valence-corrected chi connectivity index (χ2v) is 10.4. The van der Waals surface area contributed by atoms with E-state index in [9.17, 15) is 4.79 Å². The van der Waals surface area contributed by atoms with E-state index in [1.54, 1.807) is 11.3 Å². The van der Waals surface area contributed by atoms with E-state index in [4.69, 9.17) is 9.72 Å². The van der Waals surface area contributed by atoms with Crippen molar-refractivity contribution in [1.29, 1.82) is 0 Å². The van der Waals surface area contributed by atoms with Gasteiger partial charge in [0.05, 0.1) is 14.8 Å². The highest BCUT2D eigenvalue weighted by Crippen LogP contribution is 2.41. The van der Waals surface area contributed by atoms with Gasteiger partial charge < -0.3 is 15.0 Å². The Morgan fingerprint density at radius 2 is 2.07 bits per heavy atom. The molecule has 4 rings (SSSR count). The monoisotopic (exact) mass is 447 g/mol. The fourth-order valence-electron chi connectivity index (χ4n) is 3.31. The normalized spacial score (nSPS) is 16.1. The Morgan fingerprint density at radius 1 is 1.30 bits per heavy atom. The first-order chi connectivity index (χ1) is 12.7. The Morgan fingerprint density at radius 3 is 2.67 bits per heavy atom. The maximum absolute atomic E-state index is 12.3. The number of alkyl carbamates (subject to hydrolysis) is 1. The summed E-state index contributed by atoms with van der Waals surface area (Å²) in [6, 6.07) is 10.4. The molecular weight excluding hydrogens is 426 g/mol. The van der Waals surface area contributed by atoms with E-state index >= 15 is 0 Å². The summed E-state index contributed by atoms with van der Waals surface area (Å²) >= 11 is 5.22. The average Bonchev–Trinajstić information content (AvgIpc) is 3.14. The van der Waals surface area contributed by atoms with Gasteiger partial charge in [0, 0.05) is 4.88 Å². The molecule has 5 nitrogen and oxygen atoms in total. The maximum atomic E-state index is 12.3. The molecule has 0 spiro atoms. The Kier molecular flexibility index (Phi) is 4.55. The number of hydrogen-bond donors (Lipinski definition) is 2. The van der Waals surface area contributed by atoms with Gasteiger partial charge in [0.1, 0.15) is 17.0 Å². The Balaban J connectivity index is 1.63. The van der Waals surface area contributed by atoms with E-state index in [0.717, 1.165) is 45.5 Å². The van der Waals surface area contributed by atoms with Crippen LogP contribution in [0, 0.1) is 0 Å². The number of rotatable bonds is 3. The number of halogens is 1. The molecule has 7 heteroatoms. The molecule has 0 saturated heterocycles. The third-order valence-electron chi connectivity index (χ3n) is 4.74. The molecule has 27 heavy (non-hydrogen) atoms. The number of fused-ring (bicyclic) bond motifs is 1. The number of ether oxygens (including phenoxy) is 1. The molecule has 0 atom stereocenters. The predicted octanol–water partition coefficient (Wildman–Crippen LogP) is 5.96. The van der Waals surface area contributed by atoms with Gasteiger partial charge in [-0.25, -0.2) is 9.78 Å². The SMILES string of the molecule is CC(C)(C)OC(=O)NC1(c2nc3ccc(-c4ccc(Br)s4)cc3[nH]2)CCC1. The van der Waals surface area contributed by atoms with Crippen molar-refractivity contribution < 1.29 is 9.53 Å². The average molecular weight is 448 g/mol. The number of carbonyl (C=O) groups is 1. The van der Waals surface area contributed by atoms with Crippen LogP contribution in [0.3, 0.4) is 0 Å². The van der Waals surface area contributed by atoms with Crippen molar-refractivity contribution in [1.82, 2.24) is 15.3 Å². The maximum Gasteiger partial charge on any atom is 0.408 e. The third-order valence-corrected chi connectivity index (χ3v) is 6.41. The molecule has 1 aromatic carbocycles. The van der Waals surface area contributed by atoms with E-state index in [2.05, 4.69) is 50.5 Å². The summed E-state index contributed by atoms with van der Waals surface area (Å²) in [5, 5.41) is 3.05. The van der Waals surface area contributed by atoms with Crippen molar-refractivity contribution in [2.75, 3.05) is 0 Å². The molecule has 0 aliphatic heterocycles. The summed E-state index contributed by atoms with van der Waals surface area (Å²) in [6.07, 6.45) is 2.38. The fourth-order valence-corrected chi connectivity index (χ4v) is 4.69. The number of aromatic amines is 1.